The van der Waals surface area contributed by atoms with Gasteiger partial charge < -0.3 is 0 Å². The number of hydrogen-bond donors (Lipinski definition) is 0. The lowest BCUT2D eigenvalue weighted by Crippen LogP contribution is -1.78. The summed E-state index contributed by atoms with van der Waals surface area (Å²) in [5.74, 6) is 0. The highest BCUT2D eigenvalue weighted by Gasteiger charge is 2.13. The van der Waals surface area contributed by atoms with Gasteiger partial charge in [-0.25, -0.2) is 9.97 Å². The van der Waals surface area contributed by atoms with Crippen LogP contribution in [0, 0.1) is 0 Å². The fourth-order valence-electron chi connectivity index (χ4n) is 3.33. The zero-order chi connectivity index (χ0) is 19.9. The first kappa shape index (κ1) is 18.2. The second-order valence-corrected chi connectivity index (χ2v) is 10.6. The normalized spacial score (nSPS) is 11.3. The molecule has 4 heterocycles. The molecule has 0 fully saturated rings. The van der Waals surface area contributed by atoms with Crippen LogP contribution >= 0.6 is 45.3 Å². The molecule has 4 aromatic heterocycles. The molecule has 0 N–H and O–H groups in total. The van der Waals surface area contributed by atoms with Crippen molar-refractivity contribution in [2.75, 3.05) is 0 Å². The first-order chi connectivity index (χ1) is 14.8. The van der Waals surface area contributed by atoms with Gasteiger partial charge in [0.15, 0.2) is 9.66 Å². The molecule has 2 aromatic carbocycles. The van der Waals surface area contributed by atoms with E-state index in [1.54, 1.807) is 45.3 Å². The van der Waals surface area contributed by atoms with Crippen LogP contribution in [0.2, 0.25) is 0 Å². The molecule has 144 valence electrons. The Morgan fingerprint density at radius 2 is 0.867 bits per heavy atom. The summed E-state index contributed by atoms with van der Waals surface area (Å²) in [6.07, 6.45) is 0. The van der Waals surface area contributed by atoms with Crippen LogP contribution in [0.25, 0.3) is 51.7 Å². The Kier molecular flexibility index (Phi) is 4.57. The topological polar surface area (TPSA) is 25.8 Å². The number of rotatable bonds is 4. The molecule has 0 unspecified atom stereocenters. The van der Waals surface area contributed by atoms with Crippen LogP contribution in [0.3, 0.4) is 0 Å². The van der Waals surface area contributed by atoms with Crippen LogP contribution in [0.4, 0.5) is 0 Å². The summed E-state index contributed by atoms with van der Waals surface area (Å²) in [5, 5.41) is 6.27. The van der Waals surface area contributed by atoms with E-state index >= 15 is 0 Å². The monoisotopic (exact) mass is 458 g/mol. The van der Waals surface area contributed by atoms with Gasteiger partial charge >= 0.3 is 0 Å². The number of benzene rings is 2. The number of thiophene rings is 2. The third kappa shape index (κ3) is 3.32. The molecule has 0 spiro atoms. The molecule has 0 bridgehead atoms. The van der Waals surface area contributed by atoms with Gasteiger partial charge in [-0.05, 0) is 34.0 Å². The zero-order valence-electron chi connectivity index (χ0n) is 15.6. The minimum absolute atomic E-state index is 1.01. The van der Waals surface area contributed by atoms with Crippen molar-refractivity contribution in [1.82, 2.24) is 9.97 Å². The Labute approximate surface area is 189 Å². The maximum Gasteiger partial charge on any atom is 0.155 e. The molecule has 2 nitrogen and oxygen atoms in total. The fourth-order valence-corrected chi connectivity index (χ4v) is 6.85. The number of fused-ring (bicyclic) bond motifs is 1. The van der Waals surface area contributed by atoms with Crippen LogP contribution < -0.4 is 0 Å². The largest absolute Gasteiger partial charge is 0.223 e. The molecule has 30 heavy (non-hydrogen) atoms. The van der Waals surface area contributed by atoms with Gasteiger partial charge in [0.25, 0.3) is 0 Å². The molecule has 0 aliphatic heterocycles. The fraction of sp³-hybridized carbons (Fsp3) is 0. The second-order valence-electron chi connectivity index (χ2n) is 6.76. The van der Waals surface area contributed by atoms with E-state index < -0.39 is 0 Å². The van der Waals surface area contributed by atoms with Crippen molar-refractivity contribution in [3.8, 4) is 42.0 Å². The Hall–Kier alpha value is -2.64. The van der Waals surface area contributed by atoms with Crippen molar-refractivity contribution in [3.05, 3.63) is 83.6 Å². The summed E-state index contributed by atoms with van der Waals surface area (Å²) in [5.41, 5.74) is 4.79. The highest BCUT2D eigenvalue weighted by molar-refractivity contribution is 7.29. The van der Waals surface area contributed by atoms with Gasteiger partial charge in [0, 0.05) is 20.9 Å². The van der Waals surface area contributed by atoms with Gasteiger partial charge in [0.2, 0.25) is 0 Å². The molecule has 0 saturated carbocycles. The van der Waals surface area contributed by atoms with E-state index in [0.717, 1.165) is 30.8 Å². The summed E-state index contributed by atoms with van der Waals surface area (Å²) < 4.78 is 0. The Balaban J connectivity index is 1.27. The average Bonchev–Trinajstić information content (AvgIpc) is 3.58. The van der Waals surface area contributed by atoms with Gasteiger partial charge in [0.1, 0.15) is 10.0 Å². The predicted octanol–water partition coefficient (Wildman–Crippen LogP) is 8.54. The summed E-state index contributed by atoms with van der Waals surface area (Å²) in [6, 6.07) is 25.8. The Bertz CT molecular complexity index is 1270. The molecule has 6 aromatic rings. The van der Waals surface area contributed by atoms with Crippen LogP contribution in [-0.4, -0.2) is 9.97 Å². The van der Waals surface area contributed by atoms with Crippen molar-refractivity contribution < 1.29 is 0 Å². The maximum atomic E-state index is 4.86. The van der Waals surface area contributed by atoms with Gasteiger partial charge in [-0.1, -0.05) is 83.3 Å². The van der Waals surface area contributed by atoms with E-state index in [1.165, 1.54) is 20.9 Å². The molecule has 6 heteroatoms. The van der Waals surface area contributed by atoms with E-state index in [-0.39, 0.29) is 0 Å². The first-order valence-electron chi connectivity index (χ1n) is 9.39. The van der Waals surface area contributed by atoms with Gasteiger partial charge in [-0.15, -0.1) is 22.7 Å². The summed E-state index contributed by atoms with van der Waals surface area (Å²) in [4.78, 5) is 14.3. The Morgan fingerprint density at radius 3 is 1.23 bits per heavy atom. The SMILES string of the molecule is c1csc(-c2ccc(-c3nc4sc(-c5ccc(-c6cccs6)cc5)nc4s3)cc2)c1. The van der Waals surface area contributed by atoms with Crippen molar-refractivity contribution in [2.24, 2.45) is 0 Å². The third-order valence-corrected chi connectivity index (χ3v) is 8.81. The standard InChI is InChI=1S/C24H14N2S4/c1-3-19(27-13-1)15-5-9-17(10-6-15)21-25-23-24(29-21)26-22(30-23)18-11-7-16(8-12-18)20-4-2-14-28-20/h1-14H. The highest BCUT2D eigenvalue weighted by atomic mass is 32.1. The number of nitrogens with zero attached hydrogens (tertiary/aromatic N) is 2. The molecule has 0 saturated heterocycles. The van der Waals surface area contributed by atoms with Crippen LogP contribution in [0.15, 0.2) is 83.6 Å². The number of thiazole rings is 2. The average molecular weight is 459 g/mol. The van der Waals surface area contributed by atoms with Gasteiger partial charge in [-0.3, -0.25) is 0 Å². The molecule has 0 atom stereocenters. The number of hydrogen-bond acceptors (Lipinski definition) is 6. The lowest BCUT2D eigenvalue weighted by atomic mass is 10.1. The number of aromatic nitrogens is 2. The van der Waals surface area contributed by atoms with Crippen LogP contribution in [0.1, 0.15) is 0 Å². The summed E-state index contributed by atoms with van der Waals surface area (Å²) in [7, 11) is 0. The lowest BCUT2D eigenvalue weighted by Gasteiger charge is -2.00. The molecular weight excluding hydrogens is 445 g/mol. The second kappa shape index (κ2) is 7.56. The van der Waals surface area contributed by atoms with E-state index in [9.17, 15) is 0 Å². The van der Waals surface area contributed by atoms with Crippen LogP contribution in [0.5, 0.6) is 0 Å². The van der Waals surface area contributed by atoms with Crippen molar-refractivity contribution >= 4 is 55.0 Å². The van der Waals surface area contributed by atoms with E-state index in [2.05, 4.69) is 83.6 Å². The minimum Gasteiger partial charge on any atom is -0.223 e. The van der Waals surface area contributed by atoms with Crippen molar-refractivity contribution in [3.63, 3.8) is 0 Å². The minimum atomic E-state index is 1.01. The molecule has 0 amide bonds. The summed E-state index contributed by atoms with van der Waals surface area (Å²) >= 11 is 6.85. The van der Waals surface area contributed by atoms with Crippen LogP contribution in [-0.2, 0) is 0 Å². The molecule has 0 aliphatic carbocycles. The Morgan fingerprint density at radius 1 is 0.467 bits per heavy atom. The maximum absolute atomic E-state index is 4.86. The quantitative estimate of drug-likeness (QED) is 0.264. The van der Waals surface area contributed by atoms with Crippen molar-refractivity contribution in [2.45, 2.75) is 0 Å². The third-order valence-electron chi connectivity index (χ3n) is 4.85. The lowest BCUT2D eigenvalue weighted by molar-refractivity contribution is 1.48. The summed E-state index contributed by atoms with van der Waals surface area (Å²) in [6.45, 7) is 0. The first-order valence-corrected chi connectivity index (χ1v) is 12.8. The molecule has 0 aliphatic rings. The zero-order valence-corrected chi connectivity index (χ0v) is 18.9. The van der Waals surface area contributed by atoms with Gasteiger partial charge in [0.05, 0.1) is 0 Å². The molecule has 0 radical (unpaired) electrons. The molecule has 6 rings (SSSR count). The van der Waals surface area contributed by atoms with Crippen molar-refractivity contribution in [1.29, 1.82) is 0 Å². The van der Waals surface area contributed by atoms with E-state index in [4.69, 9.17) is 9.97 Å². The highest BCUT2D eigenvalue weighted by Crippen LogP contribution is 2.38. The van der Waals surface area contributed by atoms with E-state index in [1.807, 2.05) is 0 Å². The predicted molar refractivity (Wildman–Crippen MR) is 133 cm³/mol. The van der Waals surface area contributed by atoms with Gasteiger partial charge in [-0.2, -0.15) is 0 Å². The molecular formula is C24H14N2S4. The smallest absolute Gasteiger partial charge is 0.155 e. The van der Waals surface area contributed by atoms with E-state index in [0.29, 0.717) is 0 Å².